The van der Waals surface area contributed by atoms with Crippen molar-refractivity contribution < 1.29 is 23.9 Å². The first-order valence-electron chi connectivity index (χ1n) is 11.5. The van der Waals surface area contributed by atoms with Crippen LogP contribution in [0.5, 0.6) is 0 Å². The summed E-state index contributed by atoms with van der Waals surface area (Å²) in [5.74, 6) is -1.76. The fraction of sp³-hybridized carbons (Fsp3) is 0.593. The first-order valence-corrected chi connectivity index (χ1v) is 11.5. The van der Waals surface area contributed by atoms with Crippen molar-refractivity contribution in [3.63, 3.8) is 0 Å². The molecule has 1 aromatic carbocycles. The number of benzene rings is 1. The van der Waals surface area contributed by atoms with E-state index in [2.05, 4.69) is 13.0 Å². The van der Waals surface area contributed by atoms with Crippen molar-refractivity contribution in [1.29, 1.82) is 0 Å². The van der Waals surface area contributed by atoms with Gasteiger partial charge in [0.15, 0.2) is 5.41 Å². The van der Waals surface area contributed by atoms with Gasteiger partial charge in [-0.15, -0.1) is 0 Å². The summed E-state index contributed by atoms with van der Waals surface area (Å²) >= 11 is 0. The second kappa shape index (κ2) is 8.49. The van der Waals surface area contributed by atoms with E-state index in [9.17, 15) is 14.4 Å². The third kappa shape index (κ3) is 4.97. The summed E-state index contributed by atoms with van der Waals surface area (Å²) in [6.45, 7) is 12.7. The maximum atomic E-state index is 13.7. The summed E-state index contributed by atoms with van der Waals surface area (Å²) in [4.78, 5) is 40.5. The van der Waals surface area contributed by atoms with Crippen molar-refractivity contribution in [2.75, 3.05) is 0 Å². The number of ketones is 1. The van der Waals surface area contributed by atoms with E-state index in [1.807, 2.05) is 36.4 Å². The number of esters is 2. The molecule has 0 aliphatic heterocycles. The molecule has 2 aliphatic rings. The SMILES string of the molecule is C[C@H]1C=C[C@H]2CC(C(=O)OC(C)(C)C)(C(=O)OC(C)(C)C)CC(=O)[C@@H]2[C@H]1c1ccccc1. The van der Waals surface area contributed by atoms with Crippen LogP contribution in [0.1, 0.15) is 72.8 Å². The molecule has 1 aromatic rings. The zero-order chi connectivity index (χ0) is 23.9. The third-order valence-electron chi connectivity index (χ3n) is 6.27. The minimum atomic E-state index is -1.63. The van der Waals surface area contributed by atoms with E-state index in [4.69, 9.17) is 9.47 Å². The minimum Gasteiger partial charge on any atom is -0.459 e. The van der Waals surface area contributed by atoms with E-state index in [0.29, 0.717) is 0 Å². The van der Waals surface area contributed by atoms with E-state index >= 15 is 0 Å². The molecule has 174 valence electrons. The number of ether oxygens (including phenoxy) is 2. The average molecular weight is 441 g/mol. The summed E-state index contributed by atoms with van der Waals surface area (Å²) in [5.41, 5.74) is -2.09. The molecule has 0 spiro atoms. The molecule has 0 bridgehead atoms. The molecule has 32 heavy (non-hydrogen) atoms. The summed E-state index contributed by atoms with van der Waals surface area (Å²) in [6, 6.07) is 10.0. The molecule has 0 unspecified atom stereocenters. The number of carbonyl (C=O) groups excluding carboxylic acids is 3. The topological polar surface area (TPSA) is 69.7 Å². The van der Waals surface area contributed by atoms with E-state index in [-0.39, 0.29) is 42.3 Å². The number of hydrogen-bond acceptors (Lipinski definition) is 5. The molecule has 0 heterocycles. The Balaban J connectivity index is 2.02. The van der Waals surface area contributed by atoms with Gasteiger partial charge in [0.1, 0.15) is 17.0 Å². The Morgan fingerprint density at radius 1 is 0.875 bits per heavy atom. The Kier molecular flexibility index (Phi) is 6.43. The lowest BCUT2D eigenvalue weighted by atomic mass is 9.56. The van der Waals surface area contributed by atoms with Gasteiger partial charge in [0.05, 0.1) is 0 Å². The lowest BCUT2D eigenvalue weighted by molar-refractivity contribution is -0.191. The van der Waals surface area contributed by atoms with Crippen LogP contribution >= 0.6 is 0 Å². The van der Waals surface area contributed by atoms with Crippen LogP contribution in [0.3, 0.4) is 0 Å². The van der Waals surface area contributed by atoms with Crippen LogP contribution < -0.4 is 0 Å². The van der Waals surface area contributed by atoms with E-state index in [1.54, 1.807) is 41.5 Å². The molecule has 5 nitrogen and oxygen atoms in total. The summed E-state index contributed by atoms with van der Waals surface area (Å²) in [6.07, 6.45) is 4.13. The fourth-order valence-electron chi connectivity index (χ4n) is 5.01. The summed E-state index contributed by atoms with van der Waals surface area (Å²) in [7, 11) is 0. The Morgan fingerprint density at radius 2 is 1.41 bits per heavy atom. The van der Waals surface area contributed by atoms with Crippen LogP contribution in [0.4, 0.5) is 0 Å². The zero-order valence-corrected chi connectivity index (χ0v) is 20.3. The predicted molar refractivity (Wildman–Crippen MR) is 123 cm³/mol. The normalized spacial score (nSPS) is 27.4. The highest BCUT2D eigenvalue weighted by Crippen LogP contribution is 2.52. The maximum absolute atomic E-state index is 13.7. The molecule has 0 N–H and O–H groups in total. The van der Waals surface area contributed by atoms with Gasteiger partial charge in [-0.25, -0.2) is 0 Å². The number of allylic oxidation sites excluding steroid dienone is 2. The van der Waals surface area contributed by atoms with Crippen LogP contribution in [0, 0.1) is 23.2 Å². The van der Waals surface area contributed by atoms with Gasteiger partial charge in [-0.3, -0.25) is 14.4 Å². The molecule has 0 aromatic heterocycles. The third-order valence-corrected chi connectivity index (χ3v) is 6.27. The first kappa shape index (κ1) is 24.2. The Morgan fingerprint density at radius 3 is 1.91 bits per heavy atom. The van der Waals surface area contributed by atoms with Gasteiger partial charge < -0.3 is 9.47 Å². The highest BCUT2D eigenvalue weighted by molar-refractivity contribution is 6.05. The van der Waals surface area contributed by atoms with E-state index in [0.717, 1.165) is 5.56 Å². The van der Waals surface area contributed by atoms with Crippen molar-refractivity contribution in [2.24, 2.45) is 23.2 Å². The van der Waals surface area contributed by atoms with Crippen molar-refractivity contribution in [2.45, 2.75) is 78.4 Å². The monoisotopic (exact) mass is 440 g/mol. The lowest BCUT2D eigenvalue weighted by Crippen LogP contribution is -2.54. The number of Topliss-reactive ketones (excluding diaryl/α,β-unsaturated/α-hetero) is 1. The smallest absolute Gasteiger partial charge is 0.324 e. The Labute approximate surface area is 191 Å². The van der Waals surface area contributed by atoms with Crippen molar-refractivity contribution >= 4 is 17.7 Å². The largest absolute Gasteiger partial charge is 0.459 e. The van der Waals surface area contributed by atoms with Crippen LogP contribution in [0.2, 0.25) is 0 Å². The number of rotatable bonds is 3. The standard InChI is InChI=1S/C27H36O5/c1-17-13-14-19-15-27(23(29)31-25(2,3)4,24(30)32-26(5,6)7)16-20(28)22(19)21(17)18-11-9-8-10-12-18/h8-14,17,19,21-22H,15-16H2,1-7H3/t17-,19-,21+,22+/m0/s1. The van der Waals surface area contributed by atoms with Gasteiger partial charge in [0, 0.05) is 18.3 Å². The van der Waals surface area contributed by atoms with Crippen molar-refractivity contribution in [3.8, 4) is 0 Å². The molecule has 1 saturated carbocycles. The second-order valence-corrected chi connectivity index (χ2v) is 11.3. The van der Waals surface area contributed by atoms with Gasteiger partial charge in [-0.05, 0) is 65.4 Å². The molecular formula is C27H36O5. The highest BCUT2D eigenvalue weighted by atomic mass is 16.6. The van der Waals surface area contributed by atoms with Crippen molar-refractivity contribution in [3.05, 3.63) is 48.0 Å². The zero-order valence-electron chi connectivity index (χ0n) is 20.3. The molecule has 0 saturated heterocycles. The first-order chi connectivity index (χ1) is 14.7. The van der Waals surface area contributed by atoms with Gasteiger partial charge in [-0.2, -0.15) is 0 Å². The molecule has 2 aliphatic carbocycles. The van der Waals surface area contributed by atoms with Gasteiger partial charge >= 0.3 is 11.9 Å². The highest BCUT2D eigenvalue weighted by Gasteiger charge is 2.59. The lowest BCUT2D eigenvalue weighted by Gasteiger charge is -2.46. The molecule has 4 atom stereocenters. The number of fused-ring (bicyclic) bond motifs is 1. The van der Waals surface area contributed by atoms with Gasteiger partial charge in [-0.1, -0.05) is 49.4 Å². The Hall–Kier alpha value is -2.43. The Bertz CT molecular complexity index is 872. The number of hydrogen-bond donors (Lipinski definition) is 0. The van der Waals surface area contributed by atoms with E-state index < -0.39 is 28.6 Å². The van der Waals surface area contributed by atoms with Crippen molar-refractivity contribution in [1.82, 2.24) is 0 Å². The van der Waals surface area contributed by atoms with Crippen LogP contribution in [-0.4, -0.2) is 28.9 Å². The minimum absolute atomic E-state index is 0.00831. The fourth-order valence-corrected chi connectivity index (χ4v) is 5.01. The molecule has 0 amide bonds. The molecule has 3 rings (SSSR count). The molecule has 5 heteroatoms. The molecular weight excluding hydrogens is 404 g/mol. The quantitative estimate of drug-likeness (QED) is 0.365. The van der Waals surface area contributed by atoms with E-state index in [1.165, 1.54) is 0 Å². The van der Waals surface area contributed by atoms with Crippen LogP contribution in [0.15, 0.2) is 42.5 Å². The number of carbonyl (C=O) groups is 3. The van der Waals surface area contributed by atoms with Gasteiger partial charge in [0.2, 0.25) is 0 Å². The van der Waals surface area contributed by atoms with Crippen LogP contribution in [0.25, 0.3) is 0 Å². The maximum Gasteiger partial charge on any atom is 0.324 e. The van der Waals surface area contributed by atoms with Crippen LogP contribution in [-0.2, 0) is 23.9 Å². The average Bonchev–Trinajstić information content (AvgIpc) is 2.66. The summed E-state index contributed by atoms with van der Waals surface area (Å²) < 4.78 is 11.3. The molecule has 0 radical (unpaired) electrons. The second-order valence-electron chi connectivity index (χ2n) is 11.3. The van der Waals surface area contributed by atoms with Gasteiger partial charge in [0.25, 0.3) is 0 Å². The predicted octanol–water partition coefficient (Wildman–Crippen LogP) is 5.24. The molecule has 1 fully saturated rings. The summed E-state index contributed by atoms with van der Waals surface area (Å²) in [5, 5.41) is 0.